The van der Waals surface area contributed by atoms with Crippen LogP contribution in [0.3, 0.4) is 0 Å². The molecule has 0 aliphatic rings. The Kier molecular flexibility index (Phi) is 5.00. The van der Waals surface area contributed by atoms with Crippen LogP contribution in [0.15, 0.2) is 34.9 Å². The van der Waals surface area contributed by atoms with E-state index in [0.717, 1.165) is 0 Å². The molecular formula is C14H9BrClFN6O3. The minimum absolute atomic E-state index is 0.0190. The van der Waals surface area contributed by atoms with Gasteiger partial charge < -0.3 is 15.4 Å². The second kappa shape index (κ2) is 7.22. The molecule has 1 aromatic carbocycles. The fourth-order valence-corrected chi connectivity index (χ4v) is 2.82. The number of aromatic nitrogens is 4. The van der Waals surface area contributed by atoms with Crippen LogP contribution in [0.5, 0.6) is 0 Å². The van der Waals surface area contributed by atoms with Crippen LogP contribution in [0.4, 0.5) is 16.0 Å². The zero-order chi connectivity index (χ0) is 18.8. The van der Waals surface area contributed by atoms with Gasteiger partial charge in [-0.3, -0.25) is 9.48 Å². The molecule has 134 valence electrons. The third-order valence-corrected chi connectivity index (χ3v) is 4.35. The van der Waals surface area contributed by atoms with E-state index >= 15 is 0 Å². The van der Waals surface area contributed by atoms with E-state index in [4.69, 9.17) is 11.6 Å². The summed E-state index contributed by atoms with van der Waals surface area (Å²) >= 11 is 8.98. The Hall–Kier alpha value is -2.79. The topological polar surface area (TPSA) is 119 Å². The number of benzene rings is 1. The predicted octanol–water partition coefficient (Wildman–Crippen LogP) is 3.37. The number of aromatic amines is 1. The fourth-order valence-electron chi connectivity index (χ4n) is 2.12. The van der Waals surface area contributed by atoms with Crippen molar-refractivity contribution in [2.45, 2.75) is 6.54 Å². The standard InChI is InChI=1S/C14H9BrClFN6O3/c15-10-11(19-20-13(10)23(25)26)14(24)18-12-8(16)6-22(21-12)5-7-3-1-2-4-9(7)17/h1-4,6H,5H2,(H,19,20)(H,18,21,24). The van der Waals surface area contributed by atoms with Crippen molar-refractivity contribution in [2.75, 3.05) is 5.32 Å². The van der Waals surface area contributed by atoms with Gasteiger partial charge in [0.25, 0.3) is 5.91 Å². The first-order valence-corrected chi connectivity index (χ1v) is 8.20. The van der Waals surface area contributed by atoms with Gasteiger partial charge in [-0.05, 0) is 26.9 Å². The summed E-state index contributed by atoms with van der Waals surface area (Å²) in [5.41, 5.74) is 0.173. The first-order chi connectivity index (χ1) is 12.4. The van der Waals surface area contributed by atoms with Crippen molar-refractivity contribution in [3.63, 3.8) is 0 Å². The number of halogens is 3. The van der Waals surface area contributed by atoms with Crippen LogP contribution in [0.25, 0.3) is 0 Å². The molecule has 0 unspecified atom stereocenters. The van der Waals surface area contributed by atoms with E-state index in [1.165, 1.54) is 16.9 Å². The van der Waals surface area contributed by atoms with E-state index in [2.05, 4.69) is 36.5 Å². The van der Waals surface area contributed by atoms with Crippen LogP contribution in [-0.2, 0) is 6.54 Å². The lowest BCUT2D eigenvalue weighted by Crippen LogP contribution is -2.14. The van der Waals surface area contributed by atoms with Crippen molar-refractivity contribution in [1.82, 2.24) is 20.0 Å². The van der Waals surface area contributed by atoms with Gasteiger partial charge in [0, 0.05) is 11.8 Å². The lowest BCUT2D eigenvalue weighted by atomic mass is 10.2. The minimum atomic E-state index is -0.751. The molecule has 3 rings (SSSR count). The second-order valence-electron chi connectivity index (χ2n) is 5.06. The van der Waals surface area contributed by atoms with Crippen LogP contribution in [0, 0.1) is 15.9 Å². The number of rotatable bonds is 5. The van der Waals surface area contributed by atoms with E-state index in [1.54, 1.807) is 18.2 Å². The Balaban J connectivity index is 1.79. The van der Waals surface area contributed by atoms with Crippen molar-refractivity contribution in [1.29, 1.82) is 0 Å². The van der Waals surface area contributed by atoms with Gasteiger partial charge in [0.05, 0.1) is 6.54 Å². The Morgan fingerprint density at radius 2 is 2.19 bits per heavy atom. The molecule has 3 aromatic rings. The lowest BCUT2D eigenvalue weighted by molar-refractivity contribution is -0.390. The average Bonchev–Trinajstić information content (AvgIpc) is 3.13. The maximum Gasteiger partial charge on any atom is 0.357 e. The highest BCUT2D eigenvalue weighted by atomic mass is 79.9. The maximum absolute atomic E-state index is 13.7. The van der Waals surface area contributed by atoms with Crippen molar-refractivity contribution in [2.24, 2.45) is 0 Å². The highest BCUT2D eigenvalue weighted by Gasteiger charge is 2.25. The maximum atomic E-state index is 13.7. The van der Waals surface area contributed by atoms with Gasteiger partial charge in [-0.15, -0.1) is 5.10 Å². The summed E-state index contributed by atoms with van der Waals surface area (Å²) < 4.78 is 15.0. The van der Waals surface area contributed by atoms with E-state index in [-0.39, 0.29) is 27.6 Å². The molecule has 1 amide bonds. The van der Waals surface area contributed by atoms with E-state index in [1.807, 2.05) is 0 Å². The van der Waals surface area contributed by atoms with Crippen molar-refractivity contribution in [3.05, 3.63) is 67.1 Å². The van der Waals surface area contributed by atoms with Gasteiger partial charge in [-0.1, -0.05) is 34.9 Å². The van der Waals surface area contributed by atoms with Gasteiger partial charge in [0.2, 0.25) is 0 Å². The first kappa shape index (κ1) is 18.0. The summed E-state index contributed by atoms with van der Waals surface area (Å²) in [4.78, 5) is 22.3. The van der Waals surface area contributed by atoms with Crippen LogP contribution < -0.4 is 5.32 Å². The highest BCUT2D eigenvalue weighted by molar-refractivity contribution is 9.10. The number of nitrogens with zero attached hydrogens (tertiary/aromatic N) is 4. The molecule has 12 heteroatoms. The summed E-state index contributed by atoms with van der Waals surface area (Å²) in [5.74, 6) is -1.58. The van der Waals surface area contributed by atoms with Gasteiger partial charge in [0.15, 0.2) is 11.5 Å². The molecule has 0 aliphatic carbocycles. The van der Waals surface area contributed by atoms with Crippen molar-refractivity contribution >= 4 is 45.1 Å². The number of anilines is 1. The molecule has 0 spiro atoms. The first-order valence-electron chi connectivity index (χ1n) is 7.02. The van der Waals surface area contributed by atoms with E-state index < -0.39 is 22.5 Å². The van der Waals surface area contributed by atoms with E-state index in [9.17, 15) is 19.3 Å². The quantitative estimate of drug-likeness (QED) is 0.463. The monoisotopic (exact) mass is 442 g/mol. The molecule has 0 bridgehead atoms. The number of amides is 1. The average molecular weight is 444 g/mol. The number of carbonyl (C=O) groups excluding carboxylic acids is 1. The summed E-state index contributed by atoms with van der Waals surface area (Å²) in [6.07, 6.45) is 1.42. The Morgan fingerprint density at radius 1 is 1.46 bits per heavy atom. The Morgan fingerprint density at radius 3 is 2.85 bits per heavy atom. The molecular weight excluding hydrogens is 435 g/mol. The van der Waals surface area contributed by atoms with Crippen molar-refractivity contribution in [3.8, 4) is 0 Å². The minimum Gasteiger partial charge on any atom is -0.358 e. The molecule has 0 aliphatic heterocycles. The zero-order valence-electron chi connectivity index (χ0n) is 12.7. The molecule has 0 radical (unpaired) electrons. The number of nitro groups is 1. The van der Waals surface area contributed by atoms with Crippen LogP contribution >= 0.6 is 27.5 Å². The van der Waals surface area contributed by atoms with Gasteiger partial charge >= 0.3 is 5.82 Å². The largest absolute Gasteiger partial charge is 0.358 e. The number of H-pyrrole nitrogens is 1. The van der Waals surface area contributed by atoms with E-state index in [0.29, 0.717) is 5.56 Å². The summed E-state index contributed by atoms with van der Waals surface area (Å²) in [6, 6.07) is 6.18. The van der Waals surface area contributed by atoms with Gasteiger partial charge in [0.1, 0.15) is 15.3 Å². The molecule has 9 nitrogen and oxygen atoms in total. The summed E-state index contributed by atoms with van der Waals surface area (Å²) in [5, 5.41) is 23.1. The van der Waals surface area contributed by atoms with Crippen molar-refractivity contribution < 1.29 is 14.1 Å². The highest BCUT2D eigenvalue weighted by Crippen LogP contribution is 2.27. The van der Waals surface area contributed by atoms with Crippen LogP contribution in [0.1, 0.15) is 16.1 Å². The number of nitrogens with one attached hydrogen (secondary N) is 2. The predicted molar refractivity (Wildman–Crippen MR) is 93.6 cm³/mol. The number of carbonyl (C=O) groups is 1. The third-order valence-electron chi connectivity index (χ3n) is 3.33. The molecule has 0 saturated carbocycles. The zero-order valence-corrected chi connectivity index (χ0v) is 15.1. The normalized spacial score (nSPS) is 10.7. The number of hydrogen-bond donors (Lipinski definition) is 2. The van der Waals surface area contributed by atoms with Gasteiger partial charge in [-0.25, -0.2) is 4.39 Å². The fraction of sp³-hybridized carbons (Fsp3) is 0.0714. The lowest BCUT2D eigenvalue weighted by Gasteiger charge is -2.03. The smallest absolute Gasteiger partial charge is 0.357 e. The molecule has 2 aromatic heterocycles. The Labute approximate surface area is 158 Å². The molecule has 0 saturated heterocycles. The molecule has 2 heterocycles. The number of hydrogen-bond acceptors (Lipinski definition) is 5. The third kappa shape index (κ3) is 3.58. The SMILES string of the molecule is O=C(Nc1nn(Cc2ccccc2F)cc1Cl)c1n[nH]c([N+](=O)[O-])c1Br. The molecule has 2 N–H and O–H groups in total. The Bertz CT molecular complexity index is 1000. The molecule has 26 heavy (non-hydrogen) atoms. The van der Waals surface area contributed by atoms with Crippen LogP contribution in [-0.4, -0.2) is 30.8 Å². The molecule has 0 fully saturated rings. The summed E-state index contributed by atoms with van der Waals surface area (Å²) in [7, 11) is 0. The van der Waals surface area contributed by atoms with Crippen LogP contribution in [0.2, 0.25) is 5.02 Å². The van der Waals surface area contributed by atoms with Gasteiger partial charge in [-0.2, -0.15) is 5.10 Å². The molecule has 0 atom stereocenters. The second-order valence-corrected chi connectivity index (χ2v) is 6.26. The summed E-state index contributed by atoms with van der Waals surface area (Å²) in [6.45, 7) is 0.111.